The van der Waals surface area contributed by atoms with Crippen molar-refractivity contribution in [1.82, 2.24) is 10.2 Å². The number of carbonyl (C=O) groups is 2. The van der Waals surface area contributed by atoms with E-state index in [-0.39, 0.29) is 5.91 Å². The maximum atomic E-state index is 10.9. The Kier molecular flexibility index (Phi) is 6.19. The molecule has 0 aliphatic heterocycles. The van der Waals surface area contributed by atoms with Crippen LogP contribution in [0.1, 0.15) is 6.42 Å². The zero-order chi connectivity index (χ0) is 11.0. The number of amides is 1. The van der Waals surface area contributed by atoms with Crippen LogP contribution in [0.4, 0.5) is 0 Å². The highest BCUT2D eigenvalue weighted by atomic mass is 16.5. The average molecular weight is 200 g/mol. The van der Waals surface area contributed by atoms with Crippen molar-refractivity contribution in [3.8, 4) is 0 Å². The molecule has 1 N–H and O–H groups in total. The molecule has 0 unspecified atom stereocenters. The molecule has 0 rings (SSSR count). The van der Waals surface area contributed by atoms with Crippen LogP contribution >= 0.6 is 0 Å². The van der Waals surface area contributed by atoms with Crippen LogP contribution in [0.5, 0.6) is 0 Å². The van der Waals surface area contributed by atoms with Crippen molar-refractivity contribution in [2.45, 2.75) is 6.42 Å². The maximum absolute atomic E-state index is 10.9. The zero-order valence-electron chi connectivity index (χ0n) is 8.74. The van der Waals surface area contributed by atoms with E-state index >= 15 is 0 Å². The highest BCUT2D eigenvalue weighted by molar-refractivity contribution is 5.81. The van der Waals surface area contributed by atoms with Crippen molar-refractivity contribution >= 4 is 11.9 Å². The molecule has 0 aromatic heterocycles. The molecule has 0 bridgehead atoms. The lowest BCUT2D eigenvalue weighted by Crippen LogP contribution is -2.23. The Bertz CT molecular complexity index is 226. The smallest absolute Gasteiger partial charge is 0.331 e. The van der Waals surface area contributed by atoms with Gasteiger partial charge >= 0.3 is 5.97 Å². The molecule has 14 heavy (non-hydrogen) atoms. The molecule has 80 valence electrons. The minimum absolute atomic E-state index is 0.0247. The summed E-state index contributed by atoms with van der Waals surface area (Å²) in [6, 6.07) is 0. The Morgan fingerprint density at radius 1 is 1.50 bits per heavy atom. The summed E-state index contributed by atoms with van der Waals surface area (Å²) in [6.45, 7) is 0.563. The molecule has 0 spiro atoms. The number of ether oxygens (including phenoxy) is 1. The van der Waals surface area contributed by atoms with Crippen LogP contribution in [0.15, 0.2) is 12.3 Å². The summed E-state index contributed by atoms with van der Waals surface area (Å²) in [5.74, 6) is -0.430. The van der Waals surface area contributed by atoms with Gasteiger partial charge in [0.15, 0.2) is 0 Å². The number of nitrogens with zero attached hydrogens (tertiary/aromatic N) is 1. The number of esters is 1. The molecular weight excluding hydrogens is 184 g/mol. The van der Waals surface area contributed by atoms with E-state index in [0.29, 0.717) is 13.0 Å². The number of hydrogen-bond donors (Lipinski definition) is 1. The number of hydrogen-bond acceptors (Lipinski definition) is 4. The number of carbonyl (C=O) groups excluding carboxylic acids is 2. The van der Waals surface area contributed by atoms with E-state index in [9.17, 15) is 9.59 Å². The summed E-state index contributed by atoms with van der Waals surface area (Å²) in [5, 5.41) is 2.52. The van der Waals surface area contributed by atoms with Gasteiger partial charge in [0, 0.05) is 39.3 Å². The Hall–Kier alpha value is -1.52. The van der Waals surface area contributed by atoms with Gasteiger partial charge in [-0.1, -0.05) is 0 Å². The Balaban J connectivity index is 3.75. The van der Waals surface area contributed by atoms with Crippen molar-refractivity contribution in [3.63, 3.8) is 0 Å². The lowest BCUT2D eigenvalue weighted by Gasteiger charge is -2.12. The number of methoxy groups -OCH3 is 1. The highest BCUT2D eigenvalue weighted by Crippen LogP contribution is 1.89. The maximum Gasteiger partial charge on any atom is 0.331 e. The minimum atomic E-state index is -0.406. The van der Waals surface area contributed by atoms with Gasteiger partial charge in [-0.2, -0.15) is 0 Å². The van der Waals surface area contributed by atoms with Crippen LogP contribution in [-0.4, -0.2) is 44.5 Å². The first-order valence-corrected chi connectivity index (χ1v) is 4.27. The van der Waals surface area contributed by atoms with Gasteiger partial charge in [0.05, 0.1) is 7.11 Å². The third-order valence-corrected chi connectivity index (χ3v) is 1.64. The van der Waals surface area contributed by atoms with E-state index in [2.05, 4.69) is 10.1 Å². The van der Waals surface area contributed by atoms with E-state index < -0.39 is 5.97 Å². The standard InChI is InChI=1S/C9H16N2O3/c1-10-8(12)4-6-11(2)7-5-9(13)14-3/h5,7H,4,6H2,1-3H3,(H,10,12)/b7-5+. The SMILES string of the molecule is CNC(=O)CCN(C)/C=C/C(=O)OC. The van der Waals surface area contributed by atoms with Crippen molar-refractivity contribution in [3.05, 3.63) is 12.3 Å². The van der Waals surface area contributed by atoms with Crippen molar-refractivity contribution in [1.29, 1.82) is 0 Å². The van der Waals surface area contributed by atoms with Crippen LogP contribution in [0, 0.1) is 0 Å². The van der Waals surface area contributed by atoms with Gasteiger partial charge in [0.2, 0.25) is 5.91 Å². The monoisotopic (exact) mass is 200 g/mol. The fourth-order valence-electron chi connectivity index (χ4n) is 0.734. The number of rotatable bonds is 5. The molecular formula is C9H16N2O3. The van der Waals surface area contributed by atoms with Gasteiger partial charge in [-0.05, 0) is 0 Å². The predicted octanol–water partition coefficient (Wildman–Crippen LogP) is -0.259. The molecule has 0 radical (unpaired) electrons. The average Bonchev–Trinajstić information content (AvgIpc) is 2.22. The van der Waals surface area contributed by atoms with Crippen LogP contribution in [0.25, 0.3) is 0 Å². The van der Waals surface area contributed by atoms with Gasteiger partial charge in [-0.15, -0.1) is 0 Å². The highest BCUT2D eigenvalue weighted by Gasteiger charge is 1.99. The normalized spacial score (nSPS) is 9.93. The summed E-state index contributed by atoms with van der Waals surface area (Å²) in [4.78, 5) is 23.3. The zero-order valence-corrected chi connectivity index (χ0v) is 8.74. The third-order valence-electron chi connectivity index (χ3n) is 1.64. The van der Waals surface area contributed by atoms with Crippen molar-refractivity contribution < 1.29 is 14.3 Å². The van der Waals surface area contributed by atoms with Gasteiger partial charge in [-0.25, -0.2) is 4.79 Å². The molecule has 5 nitrogen and oxygen atoms in total. The summed E-state index contributed by atoms with van der Waals surface area (Å²) in [6.07, 6.45) is 3.29. The second kappa shape index (κ2) is 6.94. The fourth-order valence-corrected chi connectivity index (χ4v) is 0.734. The molecule has 0 aromatic carbocycles. The summed E-state index contributed by atoms with van der Waals surface area (Å²) >= 11 is 0. The van der Waals surface area contributed by atoms with Crippen molar-refractivity contribution in [2.24, 2.45) is 0 Å². The second-order valence-electron chi connectivity index (χ2n) is 2.74. The van der Waals surface area contributed by atoms with Crippen LogP contribution < -0.4 is 5.32 Å². The van der Waals surface area contributed by atoms with Gasteiger partial charge in [0.1, 0.15) is 0 Å². The lowest BCUT2D eigenvalue weighted by atomic mass is 10.4. The Morgan fingerprint density at radius 3 is 2.64 bits per heavy atom. The fraction of sp³-hybridized carbons (Fsp3) is 0.556. The van der Waals surface area contributed by atoms with Gasteiger partial charge in [-0.3, -0.25) is 4.79 Å². The molecule has 0 aliphatic carbocycles. The summed E-state index contributed by atoms with van der Waals surface area (Å²) in [5.41, 5.74) is 0. The molecule has 5 heteroatoms. The summed E-state index contributed by atoms with van der Waals surface area (Å²) < 4.78 is 4.42. The number of nitrogens with one attached hydrogen (secondary N) is 1. The molecule has 0 atom stereocenters. The quantitative estimate of drug-likeness (QED) is 0.490. The molecule has 0 saturated heterocycles. The van der Waals surface area contributed by atoms with Crippen molar-refractivity contribution in [2.75, 3.05) is 27.7 Å². The predicted molar refractivity (Wildman–Crippen MR) is 52.5 cm³/mol. The van der Waals surface area contributed by atoms with E-state index in [1.807, 2.05) is 0 Å². The molecule has 0 aliphatic rings. The Labute approximate surface area is 83.7 Å². The topological polar surface area (TPSA) is 58.6 Å². The second-order valence-corrected chi connectivity index (χ2v) is 2.74. The van der Waals surface area contributed by atoms with E-state index in [0.717, 1.165) is 0 Å². The third kappa shape index (κ3) is 6.05. The van der Waals surface area contributed by atoms with E-state index in [1.165, 1.54) is 13.2 Å². The molecule has 1 amide bonds. The first-order chi connectivity index (χ1) is 6.60. The molecule has 0 fully saturated rings. The van der Waals surface area contributed by atoms with Gasteiger partial charge < -0.3 is 15.0 Å². The minimum Gasteiger partial charge on any atom is -0.466 e. The first kappa shape index (κ1) is 12.5. The van der Waals surface area contributed by atoms with Crippen LogP contribution in [-0.2, 0) is 14.3 Å². The van der Waals surface area contributed by atoms with Crippen LogP contribution in [0.3, 0.4) is 0 Å². The van der Waals surface area contributed by atoms with E-state index in [4.69, 9.17) is 0 Å². The van der Waals surface area contributed by atoms with Gasteiger partial charge in [0.25, 0.3) is 0 Å². The first-order valence-electron chi connectivity index (χ1n) is 4.27. The molecule has 0 heterocycles. The molecule has 0 saturated carbocycles. The lowest BCUT2D eigenvalue weighted by molar-refractivity contribution is -0.134. The molecule has 0 aromatic rings. The Morgan fingerprint density at radius 2 is 2.14 bits per heavy atom. The largest absolute Gasteiger partial charge is 0.466 e. The summed E-state index contributed by atoms with van der Waals surface area (Å²) in [7, 11) is 4.69. The van der Waals surface area contributed by atoms with E-state index in [1.54, 1.807) is 25.2 Å². The van der Waals surface area contributed by atoms with Crippen LogP contribution in [0.2, 0.25) is 0 Å².